The van der Waals surface area contributed by atoms with Crippen LogP contribution in [0.4, 0.5) is 0 Å². The lowest BCUT2D eigenvalue weighted by molar-refractivity contribution is -0.00271. The van der Waals surface area contributed by atoms with Crippen molar-refractivity contribution in [2.45, 2.75) is 0 Å². The van der Waals surface area contributed by atoms with E-state index in [2.05, 4.69) is 27.9 Å². The van der Waals surface area contributed by atoms with Gasteiger partial charge in [-0.3, -0.25) is 0 Å². The highest BCUT2D eigenvalue weighted by Crippen LogP contribution is 1.60. The van der Waals surface area contributed by atoms with E-state index in [0.717, 1.165) is 13.1 Å². The van der Waals surface area contributed by atoms with Crippen molar-refractivity contribution in [3.63, 3.8) is 0 Å². The molecule has 0 atom stereocenters. The van der Waals surface area contributed by atoms with E-state index in [-0.39, 0.29) is 12.4 Å². The predicted octanol–water partition coefficient (Wildman–Crippen LogP) is 1.61. The van der Waals surface area contributed by atoms with Crippen LogP contribution in [0.25, 0.3) is 0 Å². The summed E-state index contributed by atoms with van der Waals surface area (Å²) in [5, 5.41) is 3.05. The normalized spacial score (nSPS) is 7.54. The Labute approximate surface area is 87.2 Å². The number of halogens is 1. The molecule has 13 heavy (non-hydrogen) atoms. The Morgan fingerprint density at radius 1 is 1.08 bits per heavy atom. The van der Waals surface area contributed by atoms with Gasteiger partial charge in [0.2, 0.25) is 0 Å². The zero-order valence-corrected chi connectivity index (χ0v) is 9.23. The summed E-state index contributed by atoms with van der Waals surface area (Å²) in [5.41, 5.74) is 0. The molecule has 0 unspecified atom stereocenters. The number of hydrogen-bond acceptors (Lipinski definition) is 3. The fraction of sp³-hybridized carbons (Fsp3) is 0.556. The Balaban J connectivity index is -0.000000150. The van der Waals surface area contributed by atoms with E-state index in [0.29, 0.717) is 6.79 Å². The first-order chi connectivity index (χ1) is 5.83. The van der Waals surface area contributed by atoms with Gasteiger partial charge >= 0.3 is 0 Å². The van der Waals surface area contributed by atoms with Crippen molar-refractivity contribution in [2.24, 2.45) is 0 Å². The molecule has 0 radical (unpaired) electrons. The molecule has 80 valence electrons. The highest BCUT2D eigenvalue weighted by molar-refractivity contribution is 5.85. The molecule has 0 spiro atoms. The summed E-state index contributed by atoms with van der Waals surface area (Å²) in [6, 6.07) is 0. The average Bonchev–Trinajstić information content (AvgIpc) is 2.08. The fourth-order valence-electron chi connectivity index (χ4n) is 0.405. The van der Waals surface area contributed by atoms with Gasteiger partial charge in [-0.25, -0.2) is 0 Å². The van der Waals surface area contributed by atoms with Crippen LogP contribution in [0.15, 0.2) is 25.3 Å². The maximum absolute atomic E-state index is 4.47. The molecule has 0 rings (SSSR count). The monoisotopic (exact) mass is 209 g/mol. The second-order valence-electron chi connectivity index (χ2n) is 1.93. The van der Waals surface area contributed by atoms with E-state index in [1.165, 1.54) is 0 Å². The van der Waals surface area contributed by atoms with Crippen molar-refractivity contribution < 1.29 is 9.47 Å². The molecule has 0 aromatic rings. The molecule has 0 aliphatic heterocycles. The third-order valence-corrected chi connectivity index (χ3v) is 0.813. The first kappa shape index (κ1) is 18.4. The molecule has 1 N–H and O–H groups in total. The van der Waals surface area contributed by atoms with Crippen LogP contribution in [-0.2, 0) is 9.47 Å². The van der Waals surface area contributed by atoms with Crippen LogP contribution in [0.3, 0.4) is 0 Å². The van der Waals surface area contributed by atoms with Gasteiger partial charge in [0.05, 0.1) is 0 Å². The largest absolute Gasteiger partial charge is 0.359 e. The number of nitrogens with one attached hydrogen (secondary N) is 1. The Kier molecular flexibility index (Phi) is 32.0. The van der Waals surface area contributed by atoms with Gasteiger partial charge in [0.15, 0.2) is 0 Å². The molecule has 0 bridgehead atoms. The van der Waals surface area contributed by atoms with E-state index in [1.54, 1.807) is 14.2 Å². The molecule has 0 saturated heterocycles. The van der Waals surface area contributed by atoms with Crippen LogP contribution in [0.2, 0.25) is 0 Å². The van der Waals surface area contributed by atoms with Crippen molar-refractivity contribution in [3.8, 4) is 0 Å². The van der Waals surface area contributed by atoms with Gasteiger partial charge in [-0.15, -0.1) is 25.6 Å². The molecule has 0 saturated carbocycles. The molecule has 0 aliphatic carbocycles. The SMILES string of the molecule is C=CCNCC=C.COCOC.Cl. The van der Waals surface area contributed by atoms with Crippen molar-refractivity contribution in [1.82, 2.24) is 5.32 Å². The minimum atomic E-state index is 0. The van der Waals surface area contributed by atoms with Crippen molar-refractivity contribution in [3.05, 3.63) is 25.3 Å². The van der Waals surface area contributed by atoms with Gasteiger partial charge in [0.25, 0.3) is 0 Å². The van der Waals surface area contributed by atoms with Crippen LogP contribution in [-0.4, -0.2) is 34.1 Å². The summed E-state index contributed by atoms with van der Waals surface area (Å²) in [5.74, 6) is 0. The summed E-state index contributed by atoms with van der Waals surface area (Å²) in [7, 11) is 3.17. The van der Waals surface area contributed by atoms with E-state index in [4.69, 9.17) is 0 Å². The maximum Gasteiger partial charge on any atom is 0.145 e. The number of ether oxygens (including phenoxy) is 2. The van der Waals surface area contributed by atoms with Gasteiger partial charge in [0, 0.05) is 27.3 Å². The maximum atomic E-state index is 4.47. The van der Waals surface area contributed by atoms with Gasteiger partial charge < -0.3 is 14.8 Å². The van der Waals surface area contributed by atoms with E-state index in [1.807, 2.05) is 12.2 Å². The Bertz CT molecular complexity index is 89.6. The van der Waals surface area contributed by atoms with Crippen LogP contribution in [0.1, 0.15) is 0 Å². The molecular formula is C9H20ClNO2. The molecule has 0 heterocycles. The van der Waals surface area contributed by atoms with Gasteiger partial charge in [-0.2, -0.15) is 0 Å². The topological polar surface area (TPSA) is 30.5 Å². The van der Waals surface area contributed by atoms with Gasteiger partial charge in [0.1, 0.15) is 6.79 Å². The molecule has 0 aromatic carbocycles. The highest BCUT2D eigenvalue weighted by atomic mass is 35.5. The number of hydrogen-bond donors (Lipinski definition) is 1. The molecular weight excluding hydrogens is 190 g/mol. The molecule has 0 aliphatic rings. The zero-order chi connectivity index (χ0) is 9.66. The second kappa shape index (κ2) is 22.6. The first-order valence-electron chi connectivity index (χ1n) is 3.73. The smallest absolute Gasteiger partial charge is 0.145 e. The molecule has 0 fully saturated rings. The quantitative estimate of drug-likeness (QED) is 0.410. The van der Waals surface area contributed by atoms with E-state index < -0.39 is 0 Å². The Hall–Kier alpha value is -0.350. The van der Waals surface area contributed by atoms with E-state index in [9.17, 15) is 0 Å². The third-order valence-electron chi connectivity index (χ3n) is 0.813. The summed E-state index contributed by atoms with van der Waals surface area (Å²) < 4.78 is 8.94. The van der Waals surface area contributed by atoms with Gasteiger partial charge in [-0.1, -0.05) is 12.2 Å². The van der Waals surface area contributed by atoms with Crippen molar-refractivity contribution in [2.75, 3.05) is 34.1 Å². The van der Waals surface area contributed by atoms with Crippen molar-refractivity contribution in [1.29, 1.82) is 0 Å². The average molecular weight is 210 g/mol. The standard InChI is InChI=1S/C6H11N.C3H8O2.ClH/c1-3-5-7-6-4-2;1-4-3-5-2;/h3-4,7H,1-2,5-6H2;3H2,1-2H3;1H. The van der Waals surface area contributed by atoms with Gasteiger partial charge in [-0.05, 0) is 0 Å². The molecule has 3 nitrogen and oxygen atoms in total. The summed E-state index contributed by atoms with van der Waals surface area (Å²) in [4.78, 5) is 0. The van der Waals surface area contributed by atoms with Crippen molar-refractivity contribution >= 4 is 12.4 Å². The number of methoxy groups -OCH3 is 2. The van der Waals surface area contributed by atoms with Crippen LogP contribution in [0, 0.1) is 0 Å². The lowest BCUT2D eigenvalue weighted by Gasteiger charge is -1.90. The first-order valence-corrected chi connectivity index (χ1v) is 3.73. The van der Waals surface area contributed by atoms with E-state index >= 15 is 0 Å². The Morgan fingerprint density at radius 2 is 1.46 bits per heavy atom. The minimum absolute atomic E-state index is 0. The molecule has 0 amide bonds. The number of rotatable bonds is 6. The zero-order valence-electron chi connectivity index (χ0n) is 8.41. The lowest BCUT2D eigenvalue weighted by Crippen LogP contribution is -2.11. The highest BCUT2D eigenvalue weighted by Gasteiger charge is 1.69. The molecule has 4 heteroatoms. The fourth-order valence-corrected chi connectivity index (χ4v) is 0.405. The Morgan fingerprint density at radius 3 is 1.62 bits per heavy atom. The summed E-state index contributed by atoms with van der Waals surface area (Å²) in [6.45, 7) is 9.19. The van der Waals surface area contributed by atoms with Crippen LogP contribution >= 0.6 is 12.4 Å². The second-order valence-corrected chi connectivity index (χ2v) is 1.93. The van der Waals surface area contributed by atoms with Crippen LogP contribution < -0.4 is 5.32 Å². The summed E-state index contributed by atoms with van der Waals surface area (Å²) >= 11 is 0. The predicted molar refractivity (Wildman–Crippen MR) is 59.4 cm³/mol. The molecule has 0 aromatic heterocycles. The summed E-state index contributed by atoms with van der Waals surface area (Å²) in [6.07, 6.45) is 3.65. The minimum Gasteiger partial charge on any atom is -0.359 e. The third kappa shape index (κ3) is 34.0. The van der Waals surface area contributed by atoms with Crippen LogP contribution in [0.5, 0.6) is 0 Å². The lowest BCUT2D eigenvalue weighted by atomic mass is 10.5.